The molecule has 1 aromatic heterocycles. The summed E-state index contributed by atoms with van der Waals surface area (Å²) in [6.45, 7) is 6.51. The Kier molecular flexibility index (Phi) is 5.29. The van der Waals surface area contributed by atoms with Crippen LogP contribution in [0.5, 0.6) is 0 Å². The summed E-state index contributed by atoms with van der Waals surface area (Å²) in [6, 6.07) is 4.12. The van der Waals surface area contributed by atoms with Gasteiger partial charge >= 0.3 is 0 Å². The molecule has 0 aromatic carbocycles. The van der Waals surface area contributed by atoms with Crippen LogP contribution in [0.2, 0.25) is 0 Å². The van der Waals surface area contributed by atoms with Crippen LogP contribution in [0.4, 0.5) is 0 Å². The van der Waals surface area contributed by atoms with Crippen LogP contribution in [0.25, 0.3) is 0 Å². The number of pyridine rings is 1. The average molecular weight is 345 g/mol. The predicted molar refractivity (Wildman–Crippen MR) is 92.9 cm³/mol. The number of hydrogen-bond donors (Lipinski definition) is 0. The van der Waals surface area contributed by atoms with E-state index < -0.39 is 0 Å². The first-order chi connectivity index (χ1) is 12.3. The van der Waals surface area contributed by atoms with Gasteiger partial charge in [-0.15, -0.1) is 0 Å². The molecule has 6 heteroatoms. The third-order valence-corrected chi connectivity index (χ3v) is 5.65. The van der Waals surface area contributed by atoms with Crippen LogP contribution in [-0.4, -0.2) is 72.8 Å². The molecule has 0 aliphatic carbocycles. The maximum absolute atomic E-state index is 12.6. The maximum atomic E-state index is 12.6. The lowest BCUT2D eigenvalue weighted by Gasteiger charge is -2.38. The van der Waals surface area contributed by atoms with Crippen molar-refractivity contribution in [3.63, 3.8) is 0 Å². The molecule has 6 nitrogen and oxygen atoms in total. The number of likely N-dealkylation sites (tertiary alicyclic amines) is 1. The molecule has 1 unspecified atom stereocenters. The molecule has 0 bridgehead atoms. The van der Waals surface area contributed by atoms with Crippen molar-refractivity contribution in [2.75, 3.05) is 46.0 Å². The number of hydrogen-bond acceptors (Lipinski definition) is 5. The van der Waals surface area contributed by atoms with Gasteiger partial charge in [-0.2, -0.15) is 0 Å². The number of carbonyl (C=O) groups is 1. The van der Waals surface area contributed by atoms with Gasteiger partial charge in [0, 0.05) is 57.6 Å². The topological polar surface area (TPSA) is 54.9 Å². The lowest BCUT2D eigenvalue weighted by Crippen LogP contribution is -2.50. The summed E-state index contributed by atoms with van der Waals surface area (Å²) in [5, 5.41) is 0. The van der Waals surface area contributed by atoms with E-state index in [1.54, 1.807) is 0 Å². The van der Waals surface area contributed by atoms with Gasteiger partial charge in [-0.25, -0.2) is 0 Å². The van der Waals surface area contributed by atoms with Crippen LogP contribution < -0.4 is 0 Å². The predicted octanol–water partition coefficient (Wildman–Crippen LogP) is 1.17. The van der Waals surface area contributed by atoms with Crippen molar-refractivity contribution in [2.45, 2.75) is 25.5 Å². The van der Waals surface area contributed by atoms with Gasteiger partial charge in [-0.1, -0.05) is 6.07 Å². The molecular formula is C19H27N3O3. The minimum absolute atomic E-state index is 0.0596. The van der Waals surface area contributed by atoms with E-state index in [0.717, 1.165) is 58.8 Å². The molecule has 0 saturated carbocycles. The molecule has 3 aliphatic heterocycles. The van der Waals surface area contributed by atoms with Gasteiger partial charge in [0.25, 0.3) is 0 Å². The molecule has 4 heterocycles. The van der Waals surface area contributed by atoms with Crippen molar-refractivity contribution in [1.82, 2.24) is 14.8 Å². The van der Waals surface area contributed by atoms with Crippen molar-refractivity contribution < 1.29 is 14.3 Å². The number of fused-ring (bicyclic) bond motifs is 1. The zero-order chi connectivity index (χ0) is 17.1. The molecule has 4 rings (SSSR count). The average Bonchev–Trinajstić information content (AvgIpc) is 3.10. The van der Waals surface area contributed by atoms with Crippen molar-refractivity contribution in [3.8, 4) is 0 Å². The summed E-state index contributed by atoms with van der Waals surface area (Å²) in [7, 11) is 0. The summed E-state index contributed by atoms with van der Waals surface area (Å²) < 4.78 is 11.5. The van der Waals surface area contributed by atoms with Crippen LogP contribution in [0.15, 0.2) is 24.5 Å². The Morgan fingerprint density at radius 3 is 3.00 bits per heavy atom. The second-order valence-corrected chi connectivity index (χ2v) is 7.40. The highest BCUT2D eigenvalue weighted by molar-refractivity contribution is 5.79. The van der Waals surface area contributed by atoms with E-state index in [1.807, 2.05) is 23.4 Å². The molecule has 0 radical (unpaired) electrons. The fourth-order valence-electron chi connectivity index (χ4n) is 4.20. The van der Waals surface area contributed by atoms with Crippen LogP contribution in [0.1, 0.15) is 18.4 Å². The van der Waals surface area contributed by atoms with Gasteiger partial charge in [0.05, 0.1) is 25.2 Å². The second kappa shape index (κ2) is 7.81. The quantitative estimate of drug-likeness (QED) is 0.823. The number of piperidine rings is 1. The molecule has 0 N–H and O–H groups in total. The van der Waals surface area contributed by atoms with Gasteiger partial charge in [0.2, 0.25) is 5.91 Å². The standard InChI is InChI=1S/C19H27N3O3/c23-19(17-4-8-24-14-17)22-6-3-16-12-21(7-9-25-18(16)13-22)11-15-2-1-5-20-10-15/h1-2,5,10,16-18H,3-4,6-9,11-14H2/t16-,17?,18-/m0/s1. The third-order valence-electron chi connectivity index (χ3n) is 5.65. The molecule has 3 aliphatic rings. The Morgan fingerprint density at radius 1 is 1.24 bits per heavy atom. The lowest BCUT2D eigenvalue weighted by molar-refractivity contribution is -0.141. The summed E-state index contributed by atoms with van der Waals surface area (Å²) >= 11 is 0. The molecule has 136 valence electrons. The summed E-state index contributed by atoms with van der Waals surface area (Å²) in [4.78, 5) is 21.3. The van der Waals surface area contributed by atoms with E-state index in [0.29, 0.717) is 12.5 Å². The zero-order valence-electron chi connectivity index (χ0n) is 14.7. The van der Waals surface area contributed by atoms with Gasteiger partial charge < -0.3 is 14.4 Å². The summed E-state index contributed by atoms with van der Waals surface area (Å²) in [5.74, 6) is 0.823. The Morgan fingerprint density at radius 2 is 2.20 bits per heavy atom. The number of amides is 1. The number of rotatable bonds is 3. The highest BCUT2D eigenvalue weighted by Gasteiger charge is 2.37. The molecular weight excluding hydrogens is 318 g/mol. The fourth-order valence-corrected chi connectivity index (χ4v) is 4.20. The molecule has 0 spiro atoms. The fraction of sp³-hybridized carbons (Fsp3) is 0.684. The normalized spacial score (nSPS) is 30.7. The minimum atomic E-state index is 0.0596. The molecule has 25 heavy (non-hydrogen) atoms. The monoisotopic (exact) mass is 345 g/mol. The first kappa shape index (κ1) is 16.9. The van der Waals surface area contributed by atoms with E-state index in [9.17, 15) is 4.79 Å². The van der Waals surface area contributed by atoms with Gasteiger partial charge in [-0.05, 0) is 24.5 Å². The SMILES string of the molecule is O=C(C1CCOC1)N1CC[C@H]2CN(Cc3cccnc3)CCO[C@H]2C1. The highest BCUT2D eigenvalue weighted by atomic mass is 16.5. The summed E-state index contributed by atoms with van der Waals surface area (Å²) in [5.41, 5.74) is 1.25. The number of carbonyl (C=O) groups excluding carboxylic acids is 1. The van der Waals surface area contributed by atoms with Gasteiger partial charge in [-0.3, -0.25) is 14.7 Å². The van der Waals surface area contributed by atoms with Crippen molar-refractivity contribution >= 4 is 5.91 Å². The third kappa shape index (κ3) is 4.02. The highest BCUT2D eigenvalue weighted by Crippen LogP contribution is 2.27. The number of ether oxygens (including phenoxy) is 2. The van der Waals surface area contributed by atoms with Crippen molar-refractivity contribution in [1.29, 1.82) is 0 Å². The van der Waals surface area contributed by atoms with Gasteiger partial charge in [0.1, 0.15) is 0 Å². The smallest absolute Gasteiger partial charge is 0.228 e. The van der Waals surface area contributed by atoms with E-state index in [4.69, 9.17) is 9.47 Å². The Balaban J connectivity index is 1.34. The van der Waals surface area contributed by atoms with Crippen LogP contribution >= 0.6 is 0 Å². The second-order valence-electron chi connectivity index (χ2n) is 7.40. The van der Waals surface area contributed by atoms with Crippen LogP contribution in [0, 0.1) is 11.8 Å². The lowest BCUT2D eigenvalue weighted by atomic mass is 9.92. The number of nitrogens with zero attached hydrogens (tertiary/aromatic N) is 3. The maximum Gasteiger partial charge on any atom is 0.228 e. The minimum Gasteiger partial charge on any atom is -0.381 e. The Hall–Kier alpha value is -1.50. The molecule has 3 fully saturated rings. The molecule has 1 aromatic rings. The first-order valence-corrected chi connectivity index (χ1v) is 9.39. The zero-order valence-corrected chi connectivity index (χ0v) is 14.7. The molecule has 3 atom stereocenters. The van der Waals surface area contributed by atoms with Crippen molar-refractivity contribution in [3.05, 3.63) is 30.1 Å². The first-order valence-electron chi connectivity index (χ1n) is 9.39. The van der Waals surface area contributed by atoms with E-state index in [2.05, 4.69) is 16.0 Å². The largest absolute Gasteiger partial charge is 0.381 e. The summed E-state index contributed by atoms with van der Waals surface area (Å²) in [6.07, 6.45) is 5.80. The van der Waals surface area contributed by atoms with Gasteiger partial charge in [0.15, 0.2) is 0 Å². The van der Waals surface area contributed by atoms with Crippen molar-refractivity contribution in [2.24, 2.45) is 11.8 Å². The van der Waals surface area contributed by atoms with E-state index >= 15 is 0 Å². The number of aromatic nitrogens is 1. The Bertz CT molecular complexity index is 577. The Labute approximate surface area is 149 Å². The van der Waals surface area contributed by atoms with E-state index in [-0.39, 0.29) is 17.9 Å². The molecule has 1 amide bonds. The van der Waals surface area contributed by atoms with Crippen LogP contribution in [-0.2, 0) is 20.8 Å². The molecule has 3 saturated heterocycles. The van der Waals surface area contributed by atoms with Crippen LogP contribution in [0.3, 0.4) is 0 Å². The van der Waals surface area contributed by atoms with E-state index in [1.165, 1.54) is 5.56 Å².